The second-order valence-corrected chi connectivity index (χ2v) is 5.26. The first-order chi connectivity index (χ1) is 8.28. The third-order valence-electron chi connectivity index (χ3n) is 4.07. The molecule has 1 aliphatic carbocycles. The molecule has 0 atom stereocenters. The summed E-state index contributed by atoms with van der Waals surface area (Å²) in [5.74, 6) is 0.822. The molecule has 0 aromatic heterocycles. The van der Waals surface area contributed by atoms with Crippen LogP contribution in [0.2, 0.25) is 0 Å². The van der Waals surface area contributed by atoms with Gasteiger partial charge in [0.2, 0.25) is 0 Å². The normalized spacial score (nSPS) is 24.8. The molecule has 17 heavy (non-hydrogen) atoms. The average molecular weight is 236 g/mol. The number of quaternary nitrogens is 1. The maximum atomic E-state index is 12.8. The highest BCUT2D eigenvalue weighted by Gasteiger charge is 2.21. The lowest BCUT2D eigenvalue weighted by molar-refractivity contribution is -0.707. The minimum atomic E-state index is -0.141. The number of benzene rings is 1. The highest BCUT2D eigenvalue weighted by Crippen LogP contribution is 2.24. The highest BCUT2D eigenvalue weighted by molar-refractivity contribution is 5.14. The van der Waals surface area contributed by atoms with Gasteiger partial charge in [-0.1, -0.05) is 25.5 Å². The lowest BCUT2D eigenvalue weighted by atomic mass is 9.84. The minimum Gasteiger partial charge on any atom is -0.340 e. The summed E-state index contributed by atoms with van der Waals surface area (Å²) in [7, 11) is 0. The Kier molecular flexibility index (Phi) is 4.55. The molecule has 94 valence electrons. The predicted molar refractivity (Wildman–Crippen MR) is 68.1 cm³/mol. The van der Waals surface area contributed by atoms with Gasteiger partial charge in [0, 0.05) is 5.56 Å². The van der Waals surface area contributed by atoms with Gasteiger partial charge in [-0.05, 0) is 43.7 Å². The van der Waals surface area contributed by atoms with Crippen LogP contribution in [0.4, 0.5) is 4.39 Å². The number of hydrogen-bond acceptors (Lipinski definition) is 0. The van der Waals surface area contributed by atoms with Gasteiger partial charge in [0.1, 0.15) is 12.4 Å². The zero-order chi connectivity index (χ0) is 12.1. The second kappa shape index (κ2) is 6.15. The lowest BCUT2D eigenvalue weighted by Crippen LogP contribution is -2.88. The molecule has 1 aromatic rings. The van der Waals surface area contributed by atoms with Crippen LogP contribution in [0, 0.1) is 11.7 Å². The molecular formula is C15H23FN+. The number of nitrogens with two attached hydrogens (primary N) is 1. The third kappa shape index (κ3) is 3.81. The Balaban J connectivity index is 1.74. The smallest absolute Gasteiger partial charge is 0.123 e. The molecule has 0 saturated heterocycles. The number of hydrogen-bond donors (Lipinski definition) is 1. The fourth-order valence-electron chi connectivity index (χ4n) is 2.76. The maximum absolute atomic E-state index is 12.8. The molecule has 0 radical (unpaired) electrons. The zero-order valence-corrected chi connectivity index (χ0v) is 10.7. The van der Waals surface area contributed by atoms with Crippen molar-refractivity contribution in [2.45, 2.75) is 51.6 Å². The maximum Gasteiger partial charge on any atom is 0.123 e. The molecule has 1 nitrogen and oxygen atoms in total. The van der Waals surface area contributed by atoms with Crippen LogP contribution in [0.5, 0.6) is 0 Å². The van der Waals surface area contributed by atoms with E-state index in [1.807, 2.05) is 12.1 Å². The Morgan fingerprint density at radius 3 is 2.35 bits per heavy atom. The van der Waals surface area contributed by atoms with E-state index in [0.29, 0.717) is 0 Å². The largest absolute Gasteiger partial charge is 0.340 e. The van der Waals surface area contributed by atoms with Crippen LogP contribution in [0.15, 0.2) is 24.3 Å². The number of rotatable bonds is 4. The first-order valence-electron chi connectivity index (χ1n) is 6.85. The monoisotopic (exact) mass is 236 g/mol. The first kappa shape index (κ1) is 12.6. The van der Waals surface area contributed by atoms with Gasteiger partial charge >= 0.3 is 0 Å². The molecule has 0 aliphatic heterocycles. The van der Waals surface area contributed by atoms with Crippen LogP contribution in [-0.4, -0.2) is 6.04 Å². The molecule has 2 N–H and O–H groups in total. The molecule has 0 bridgehead atoms. The van der Waals surface area contributed by atoms with Crippen molar-refractivity contribution >= 4 is 0 Å². The van der Waals surface area contributed by atoms with Crippen LogP contribution in [0.3, 0.4) is 0 Å². The van der Waals surface area contributed by atoms with Crippen molar-refractivity contribution in [2.75, 3.05) is 0 Å². The molecule has 0 unspecified atom stereocenters. The molecule has 1 aliphatic rings. The van der Waals surface area contributed by atoms with Gasteiger partial charge in [-0.2, -0.15) is 0 Å². The van der Waals surface area contributed by atoms with Crippen molar-refractivity contribution in [1.29, 1.82) is 0 Å². The molecule has 0 spiro atoms. The summed E-state index contributed by atoms with van der Waals surface area (Å²) in [6.07, 6.45) is 6.81. The zero-order valence-electron chi connectivity index (χ0n) is 10.7. The predicted octanol–water partition coefficient (Wildman–Crippen LogP) is 2.86. The van der Waals surface area contributed by atoms with E-state index in [4.69, 9.17) is 0 Å². The molecular weight excluding hydrogens is 213 g/mol. The average Bonchev–Trinajstić information content (AvgIpc) is 2.39. The van der Waals surface area contributed by atoms with Crippen LogP contribution in [0.1, 0.15) is 44.6 Å². The Bertz CT molecular complexity index is 325. The van der Waals surface area contributed by atoms with Crippen molar-refractivity contribution in [1.82, 2.24) is 0 Å². The van der Waals surface area contributed by atoms with Gasteiger partial charge in [-0.3, -0.25) is 0 Å². The summed E-state index contributed by atoms with van der Waals surface area (Å²) in [6, 6.07) is 7.67. The van der Waals surface area contributed by atoms with Crippen molar-refractivity contribution in [3.05, 3.63) is 35.6 Å². The van der Waals surface area contributed by atoms with Crippen molar-refractivity contribution in [3.63, 3.8) is 0 Å². The summed E-state index contributed by atoms with van der Waals surface area (Å²) in [4.78, 5) is 0. The summed E-state index contributed by atoms with van der Waals surface area (Å²) < 4.78 is 12.8. The first-order valence-corrected chi connectivity index (χ1v) is 6.85. The van der Waals surface area contributed by atoms with Gasteiger partial charge in [0.25, 0.3) is 0 Å². The van der Waals surface area contributed by atoms with E-state index in [9.17, 15) is 4.39 Å². The summed E-state index contributed by atoms with van der Waals surface area (Å²) in [6.45, 7) is 3.29. The van der Waals surface area contributed by atoms with Crippen LogP contribution in [0.25, 0.3) is 0 Å². The van der Waals surface area contributed by atoms with Crippen LogP contribution >= 0.6 is 0 Å². The van der Waals surface area contributed by atoms with Gasteiger partial charge in [0.05, 0.1) is 6.04 Å². The minimum absolute atomic E-state index is 0.141. The standard InChI is InChI=1S/C15H22FN/c1-2-12-5-9-15(10-6-12)17-11-13-3-7-14(16)8-4-13/h3-4,7-8,12,15,17H,2,5-6,9-11H2,1H3/p+1. The van der Waals surface area contributed by atoms with Crippen molar-refractivity contribution < 1.29 is 9.71 Å². The second-order valence-electron chi connectivity index (χ2n) is 5.26. The van der Waals surface area contributed by atoms with Crippen molar-refractivity contribution in [2.24, 2.45) is 5.92 Å². The Morgan fingerprint density at radius 2 is 1.76 bits per heavy atom. The SMILES string of the molecule is CCC1CCC([NH2+]Cc2ccc(F)cc2)CC1. The Labute approximate surface area is 103 Å². The van der Waals surface area contributed by atoms with Gasteiger partial charge in [-0.15, -0.1) is 0 Å². The summed E-state index contributed by atoms with van der Waals surface area (Å²) in [5.41, 5.74) is 1.23. The van der Waals surface area contributed by atoms with E-state index in [1.165, 1.54) is 37.7 Å². The van der Waals surface area contributed by atoms with Crippen LogP contribution in [-0.2, 0) is 6.54 Å². The molecule has 1 fully saturated rings. The molecule has 2 heteroatoms. The van der Waals surface area contributed by atoms with E-state index in [0.717, 1.165) is 18.5 Å². The van der Waals surface area contributed by atoms with Gasteiger partial charge in [-0.25, -0.2) is 4.39 Å². The van der Waals surface area contributed by atoms with E-state index in [1.54, 1.807) is 12.1 Å². The highest BCUT2D eigenvalue weighted by atomic mass is 19.1. The lowest BCUT2D eigenvalue weighted by Gasteiger charge is -2.26. The van der Waals surface area contributed by atoms with E-state index in [-0.39, 0.29) is 5.82 Å². The molecule has 1 aromatic carbocycles. The summed E-state index contributed by atoms with van der Waals surface area (Å²) in [5, 5.41) is 2.43. The Hall–Kier alpha value is -0.890. The third-order valence-corrected chi connectivity index (χ3v) is 4.07. The topological polar surface area (TPSA) is 16.6 Å². The molecule has 2 rings (SSSR count). The van der Waals surface area contributed by atoms with E-state index < -0.39 is 0 Å². The van der Waals surface area contributed by atoms with Crippen LogP contribution < -0.4 is 5.32 Å². The van der Waals surface area contributed by atoms with Gasteiger partial charge < -0.3 is 5.32 Å². The van der Waals surface area contributed by atoms with E-state index in [2.05, 4.69) is 12.2 Å². The quantitative estimate of drug-likeness (QED) is 0.828. The number of halogens is 1. The molecule has 1 saturated carbocycles. The molecule has 0 heterocycles. The fourth-order valence-corrected chi connectivity index (χ4v) is 2.76. The van der Waals surface area contributed by atoms with Crippen molar-refractivity contribution in [3.8, 4) is 0 Å². The fraction of sp³-hybridized carbons (Fsp3) is 0.600. The van der Waals surface area contributed by atoms with E-state index >= 15 is 0 Å². The Morgan fingerprint density at radius 1 is 1.12 bits per heavy atom. The van der Waals surface area contributed by atoms with Gasteiger partial charge in [0.15, 0.2) is 0 Å². The molecule has 0 amide bonds. The summed E-state index contributed by atoms with van der Waals surface area (Å²) >= 11 is 0.